The Bertz CT molecular complexity index is 1360. The van der Waals surface area contributed by atoms with E-state index in [4.69, 9.17) is 23.2 Å². The molecule has 0 spiro atoms. The lowest BCUT2D eigenvalue weighted by Gasteiger charge is -2.12. The van der Waals surface area contributed by atoms with E-state index >= 15 is 0 Å². The highest BCUT2D eigenvalue weighted by Crippen LogP contribution is 2.32. The lowest BCUT2D eigenvalue weighted by Crippen LogP contribution is -2.30. The fraction of sp³-hybridized carbons (Fsp3) is 0.120. The minimum atomic E-state index is -0.713. The molecule has 1 unspecified atom stereocenters. The number of anilines is 1. The molecule has 0 saturated carbocycles. The Morgan fingerprint density at radius 2 is 1.74 bits per heavy atom. The highest BCUT2D eigenvalue weighted by atomic mass is 35.5. The van der Waals surface area contributed by atoms with Gasteiger partial charge in [-0.2, -0.15) is 5.10 Å². The van der Waals surface area contributed by atoms with E-state index in [-0.39, 0.29) is 28.6 Å². The molecule has 0 fully saturated rings. The largest absolute Gasteiger partial charge is 0.392 e. The Hall–Kier alpha value is -3.72. The van der Waals surface area contributed by atoms with Crippen LogP contribution in [0, 0.1) is 0 Å². The Morgan fingerprint density at radius 3 is 2.43 bits per heavy atom. The summed E-state index contributed by atoms with van der Waals surface area (Å²) in [7, 11) is 0. The van der Waals surface area contributed by atoms with Crippen LogP contribution in [0.3, 0.4) is 0 Å². The van der Waals surface area contributed by atoms with Gasteiger partial charge >= 0.3 is 0 Å². The molecule has 178 valence electrons. The number of hydrogen-bond acceptors (Lipinski definition) is 5. The van der Waals surface area contributed by atoms with E-state index in [0.29, 0.717) is 22.0 Å². The Labute approximate surface area is 211 Å². The van der Waals surface area contributed by atoms with Gasteiger partial charge in [0.1, 0.15) is 5.82 Å². The summed E-state index contributed by atoms with van der Waals surface area (Å²) in [6.45, 7) is 1.62. The number of amides is 2. The molecule has 0 radical (unpaired) electrons. The molecule has 1 atom stereocenters. The van der Waals surface area contributed by atoms with Gasteiger partial charge in [0.2, 0.25) is 0 Å². The van der Waals surface area contributed by atoms with Crippen molar-refractivity contribution in [2.24, 2.45) is 0 Å². The summed E-state index contributed by atoms with van der Waals surface area (Å²) in [6, 6.07) is 18.9. The highest BCUT2D eigenvalue weighted by molar-refractivity contribution is 6.38. The number of carbonyl (C=O) groups excluding carboxylic acids is 2. The third kappa shape index (κ3) is 5.68. The van der Waals surface area contributed by atoms with E-state index in [9.17, 15) is 14.7 Å². The number of aliphatic hydroxyl groups excluding tert-OH is 1. The molecule has 2 aromatic carbocycles. The van der Waals surface area contributed by atoms with Gasteiger partial charge in [0, 0.05) is 24.4 Å². The molecule has 0 saturated heterocycles. The van der Waals surface area contributed by atoms with Crippen LogP contribution in [0.25, 0.3) is 16.9 Å². The number of carbonyl (C=O) groups is 2. The van der Waals surface area contributed by atoms with Crippen molar-refractivity contribution in [3.05, 3.63) is 94.2 Å². The summed E-state index contributed by atoms with van der Waals surface area (Å²) in [5.74, 6) is -0.747. The zero-order valence-corrected chi connectivity index (χ0v) is 20.1. The molecule has 0 aliphatic rings. The smallest absolute Gasteiger partial charge is 0.271 e. The lowest BCUT2D eigenvalue weighted by atomic mass is 10.1. The fourth-order valence-corrected chi connectivity index (χ4v) is 3.87. The molecule has 2 heterocycles. The standard InChI is InChI=1S/C25H21Cl2N5O3/c1-15(33)14-29-25(35)22-13-23(32(31-22)16-7-3-2-4-8-16)30-24(34)18-11-17(19(26)12-20(18)27)21-9-5-6-10-28-21/h2-13,15,33H,14H2,1H3,(H,29,35)(H,30,34). The Kier molecular flexibility index (Phi) is 7.45. The molecular formula is C25H21Cl2N5O3. The summed E-state index contributed by atoms with van der Waals surface area (Å²) < 4.78 is 1.44. The van der Waals surface area contributed by atoms with Crippen LogP contribution >= 0.6 is 23.2 Å². The van der Waals surface area contributed by atoms with Crippen LogP contribution in [-0.4, -0.2) is 44.3 Å². The van der Waals surface area contributed by atoms with Crippen molar-refractivity contribution in [1.29, 1.82) is 0 Å². The number of para-hydroxylation sites is 1. The number of benzene rings is 2. The van der Waals surface area contributed by atoms with E-state index in [1.54, 1.807) is 43.5 Å². The second-order valence-electron chi connectivity index (χ2n) is 7.70. The van der Waals surface area contributed by atoms with Gasteiger partial charge in [-0.3, -0.25) is 14.6 Å². The van der Waals surface area contributed by atoms with Crippen LogP contribution in [0.5, 0.6) is 0 Å². The number of aromatic nitrogens is 3. The number of rotatable bonds is 7. The second kappa shape index (κ2) is 10.7. The first-order valence-corrected chi connectivity index (χ1v) is 11.4. The van der Waals surface area contributed by atoms with Gasteiger partial charge in [0.05, 0.1) is 33.1 Å². The van der Waals surface area contributed by atoms with Crippen molar-refractivity contribution in [3.8, 4) is 16.9 Å². The molecule has 4 aromatic rings. The summed E-state index contributed by atoms with van der Waals surface area (Å²) in [6.07, 6.45) is 0.914. The highest BCUT2D eigenvalue weighted by Gasteiger charge is 2.21. The minimum Gasteiger partial charge on any atom is -0.392 e. The average molecular weight is 510 g/mol. The number of nitrogens with zero attached hydrogens (tertiary/aromatic N) is 3. The van der Waals surface area contributed by atoms with E-state index in [1.165, 1.54) is 16.8 Å². The number of halogens is 2. The molecule has 10 heteroatoms. The molecule has 2 aromatic heterocycles. The molecule has 2 amide bonds. The average Bonchev–Trinajstić information content (AvgIpc) is 3.27. The predicted octanol–water partition coefficient (Wildman–Crippen LogP) is 4.60. The Balaban J connectivity index is 1.69. The Morgan fingerprint density at radius 1 is 1.00 bits per heavy atom. The van der Waals surface area contributed by atoms with Crippen LogP contribution in [0.15, 0.2) is 72.9 Å². The van der Waals surface area contributed by atoms with Crippen molar-refractivity contribution >= 4 is 40.8 Å². The lowest BCUT2D eigenvalue weighted by molar-refractivity contribution is 0.0918. The normalized spacial score (nSPS) is 11.7. The fourth-order valence-electron chi connectivity index (χ4n) is 3.30. The summed E-state index contributed by atoms with van der Waals surface area (Å²) in [5.41, 5.74) is 2.03. The SMILES string of the molecule is CC(O)CNC(=O)c1cc(NC(=O)c2cc(-c3ccccn3)c(Cl)cc2Cl)n(-c2ccccc2)n1. The topological polar surface area (TPSA) is 109 Å². The van der Waals surface area contributed by atoms with Crippen LogP contribution in [0.1, 0.15) is 27.8 Å². The van der Waals surface area contributed by atoms with Gasteiger partial charge in [-0.15, -0.1) is 0 Å². The third-order valence-electron chi connectivity index (χ3n) is 4.98. The summed E-state index contributed by atoms with van der Waals surface area (Å²) in [4.78, 5) is 30.1. The molecule has 3 N–H and O–H groups in total. The third-order valence-corrected chi connectivity index (χ3v) is 5.61. The number of aliphatic hydroxyl groups is 1. The van der Waals surface area contributed by atoms with Crippen molar-refractivity contribution in [1.82, 2.24) is 20.1 Å². The maximum Gasteiger partial charge on any atom is 0.271 e. The van der Waals surface area contributed by atoms with E-state index in [2.05, 4.69) is 20.7 Å². The maximum absolute atomic E-state index is 13.3. The summed E-state index contributed by atoms with van der Waals surface area (Å²) in [5, 5.41) is 19.7. The molecule has 0 bridgehead atoms. The molecule has 4 rings (SSSR count). The zero-order valence-electron chi connectivity index (χ0n) is 18.6. The number of nitrogens with one attached hydrogen (secondary N) is 2. The monoisotopic (exact) mass is 509 g/mol. The second-order valence-corrected chi connectivity index (χ2v) is 8.52. The number of pyridine rings is 1. The van der Waals surface area contributed by atoms with Crippen LogP contribution in [-0.2, 0) is 0 Å². The van der Waals surface area contributed by atoms with Gasteiger partial charge in [0.15, 0.2) is 5.69 Å². The predicted molar refractivity (Wildman–Crippen MR) is 135 cm³/mol. The van der Waals surface area contributed by atoms with Gasteiger partial charge in [-0.25, -0.2) is 4.68 Å². The van der Waals surface area contributed by atoms with Crippen LogP contribution < -0.4 is 10.6 Å². The zero-order chi connectivity index (χ0) is 24.9. The first-order chi connectivity index (χ1) is 16.8. The van der Waals surface area contributed by atoms with Crippen LogP contribution in [0.4, 0.5) is 5.82 Å². The first kappa shape index (κ1) is 24.4. The summed E-state index contributed by atoms with van der Waals surface area (Å²) >= 11 is 12.7. The van der Waals surface area contributed by atoms with Gasteiger partial charge in [-0.1, -0.05) is 47.5 Å². The molecular weight excluding hydrogens is 489 g/mol. The van der Waals surface area contributed by atoms with Gasteiger partial charge < -0.3 is 15.7 Å². The maximum atomic E-state index is 13.3. The first-order valence-electron chi connectivity index (χ1n) is 10.7. The van der Waals surface area contributed by atoms with Crippen molar-refractivity contribution in [2.45, 2.75) is 13.0 Å². The van der Waals surface area contributed by atoms with Crippen molar-refractivity contribution < 1.29 is 14.7 Å². The van der Waals surface area contributed by atoms with Gasteiger partial charge in [0.25, 0.3) is 11.8 Å². The molecule has 0 aliphatic carbocycles. The molecule has 0 aliphatic heterocycles. The van der Waals surface area contributed by atoms with Gasteiger partial charge in [-0.05, 0) is 43.3 Å². The van der Waals surface area contributed by atoms with E-state index in [0.717, 1.165) is 0 Å². The molecule has 8 nitrogen and oxygen atoms in total. The number of hydrogen-bond donors (Lipinski definition) is 3. The molecule has 35 heavy (non-hydrogen) atoms. The van der Waals surface area contributed by atoms with Crippen LogP contribution in [0.2, 0.25) is 10.0 Å². The van der Waals surface area contributed by atoms with E-state index in [1.807, 2.05) is 24.3 Å². The minimum absolute atomic E-state index is 0.0649. The quantitative estimate of drug-likeness (QED) is 0.337. The van der Waals surface area contributed by atoms with Crippen molar-refractivity contribution in [3.63, 3.8) is 0 Å². The van der Waals surface area contributed by atoms with Crippen molar-refractivity contribution in [2.75, 3.05) is 11.9 Å². The van der Waals surface area contributed by atoms with E-state index < -0.39 is 17.9 Å².